The van der Waals surface area contributed by atoms with Crippen LogP contribution in [0.2, 0.25) is 0 Å². The predicted molar refractivity (Wildman–Crippen MR) is 122 cm³/mol. The molecule has 1 N–H and O–H groups in total. The van der Waals surface area contributed by atoms with Crippen LogP contribution in [0, 0.1) is 0 Å². The molecule has 0 aliphatic rings. The number of aromatic nitrogens is 1. The van der Waals surface area contributed by atoms with E-state index in [1.807, 2.05) is 12.1 Å². The van der Waals surface area contributed by atoms with Gasteiger partial charge in [-0.3, -0.25) is 4.72 Å². The summed E-state index contributed by atoms with van der Waals surface area (Å²) >= 11 is 0. The second-order valence-corrected chi connectivity index (χ2v) is 8.74. The molecule has 0 radical (unpaired) electrons. The van der Waals surface area contributed by atoms with Gasteiger partial charge in [-0.05, 0) is 36.4 Å². The molecule has 0 atom stereocenters. The minimum Gasteiger partial charge on any atom is -0.496 e. The van der Waals surface area contributed by atoms with E-state index in [2.05, 4.69) is 9.46 Å². The maximum atomic E-state index is 12.9. The number of carbonyl (C=O) groups excluding carboxylic acids is 1. The third-order valence-corrected chi connectivity index (χ3v) is 6.60. The lowest BCUT2D eigenvalue weighted by atomic mass is 10.0. The van der Waals surface area contributed by atoms with E-state index >= 15 is 0 Å². The van der Waals surface area contributed by atoms with E-state index < -0.39 is 21.6 Å². The lowest BCUT2D eigenvalue weighted by molar-refractivity contribution is 0.0589. The maximum Gasteiger partial charge on any atom is 0.354 e. The first-order chi connectivity index (χ1) is 15.7. The number of hydrogen-bond donors (Lipinski definition) is 1. The molecule has 9 nitrogen and oxygen atoms in total. The van der Waals surface area contributed by atoms with Gasteiger partial charge in [-0.15, -0.1) is 0 Å². The van der Waals surface area contributed by atoms with Gasteiger partial charge in [0.05, 0.1) is 25.5 Å². The molecule has 0 bridgehead atoms. The van der Waals surface area contributed by atoms with Crippen LogP contribution in [0.1, 0.15) is 10.5 Å². The second-order valence-electron chi connectivity index (χ2n) is 7.11. The first-order valence-corrected chi connectivity index (χ1v) is 11.2. The quantitative estimate of drug-likeness (QED) is 0.340. The number of methoxy groups -OCH3 is 2. The number of fused-ring (bicyclic) bond motifs is 1. The molecular weight excluding hydrogens is 448 g/mol. The molecule has 0 amide bonds. The minimum absolute atomic E-state index is 0.0915. The van der Waals surface area contributed by atoms with Crippen LogP contribution >= 0.6 is 0 Å². The van der Waals surface area contributed by atoms with E-state index in [9.17, 15) is 18.0 Å². The number of anilines is 1. The summed E-state index contributed by atoms with van der Waals surface area (Å²) in [6.07, 6.45) is 0. The van der Waals surface area contributed by atoms with Crippen LogP contribution in [-0.2, 0) is 21.8 Å². The number of carbonyl (C=O) groups is 1. The average Bonchev–Trinajstić information content (AvgIpc) is 3.20. The maximum absolute atomic E-state index is 12.9. The van der Waals surface area contributed by atoms with Gasteiger partial charge in [-0.25, -0.2) is 9.59 Å². The van der Waals surface area contributed by atoms with Crippen LogP contribution in [0.5, 0.6) is 5.75 Å². The summed E-state index contributed by atoms with van der Waals surface area (Å²) in [5.74, 6) is -0.376. The largest absolute Gasteiger partial charge is 0.496 e. The highest BCUT2D eigenvalue weighted by Gasteiger charge is 2.23. The molecule has 2 aromatic carbocycles. The van der Waals surface area contributed by atoms with Crippen molar-refractivity contribution in [3.63, 3.8) is 0 Å². The number of esters is 1. The van der Waals surface area contributed by atoms with Gasteiger partial charge in [0, 0.05) is 24.1 Å². The molecule has 170 valence electrons. The Bertz CT molecular complexity index is 1530. The van der Waals surface area contributed by atoms with Gasteiger partial charge in [-0.2, -0.15) is 8.42 Å². The smallest absolute Gasteiger partial charge is 0.354 e. The Labute approximate surface area is 189 Å². The summed E-state index contributed by atoms with van der Waals surface area (Å²) < 4.78 is 45.0. The van der Waals surface area contributed by atoms with Crippen molar-refractivity contribution in [2.45, 2.75) is 5.03 Å². The predicted octanol–water partition coefficient (Wildman–Crippen LogP) is 3.39. The molecule has 10 heteroatoms. The van der Waals surface area contributed by atoms with Crippen LogP contribution in [0.4, 0.5) is 5.69 Å². The van der Waals surface area contributed by atoms with Crippen molar-refractivity contribution < 1.29 is 27.1 Å². The van der Waals surface area contributed by atoms with Crippen molar-refractivity contribution in [1.82, 2.24) is 4.57 Å². The molecule has 4 rings (SSSR count). The summed E-state index contributed by atoms with van der Waals surface area (Å²) in [5, 5.41) is 0.616. The molecular formula is C23H20N2O7S. The van der Waals surface area contributed by atoms with E-state index in [4.69, 9.17) is 9.15 Å². The van der Waals surface area contributed by atoms with E-state index in [0.717, 1.165) is 5.39 Å². The topological polar surface area (TPSA) is 117 Å². The third kappa shape index (κ3) is 4.08. The monoisotopic (exact) mass is 468 g/mol. The summed E-state index contributed by atoms with van der Waals surface area (Å²) in [7, 11) is 0.0432. The number of para-hydroxylation sites is 1. The zero-order valence-electron chi connectivity index (χ0n) is 18.0. The molecule has 2 heterocycles. The summed E-state index contributed by atoms with van der Waals surface area (Å²) in [6, 6.07) is 16.0. The fourth-order valence-corrected chi connectivity index (χ4v) is 4.75. The normalized spacial score (nSPS) is 11.4. The first kappa shape index (κ1) is 22.2. The highest BCUT2D eigenvalue weighted by Crippen LogP contribution is 2.33. The number of rotatable bonds is 6. The van der Waals surface area contributed by atoms with E-state index in [-0.39, 0.29) is 27.7 Å². The number of hydrogen-bond acceptors (Lipinski definition) is 7. The number of ether oxygens (including phenoxy) is 2. The Morgan fingerprint density at radius 1 is 1.00 bits per heavy atom. The standard InChI is InChI=1S/C23H20N2O7S/c1-25-18(23(27)31-3)10-11-21(25)33(28,29)24-15-8-9-16(20(13-15)30-2)17-12-14-6-4-5-7-19(14)32-22(17)26/h4-13,24H,1-3H3. The first-order valence-electron chi connectivity index (χ1n) is 9.73. The number of nitrogens with zero attached hydrogens (tertiary/aromatic N) is 1. The number of benzene rings is 2. The minimum atomic E-state index is -4.03. The number of sulfonamides is 1. The van der Waals surface area contributed by atoms with Gasteiger partial charge in [0.15, 0.2) is 5.03 Å². The van der Waals surface area contributed by atoms with Crippen molar-refractivity contribution in [1.29, 1.82) is 0 Å². The third-order valence-electron chi connectivity index (χ3n) is 5.13. The van der Waals surface area contributed by atoms with Crippen LogP contribution < -0.4 is 15.1 Å². The number of nitrogens with one attached hydrogen (secondary N) is 1. The SMILES string of the molecule is COC(=O)c1ccc(S(=O)(=O)Nc2ccc(-c3cc4ccccc4oc3=O)c(OC)c2)n1C. The Morgan fingerprint density at radius 2 is 1.76 bits per heavy atom. The fraction of sp³-hybridized carbons (Fsp3) is 0.130. The molecule has 0 aliphatic heterocycles. The van der Waals surface area contributed by atoms with Crippen molar-refractivity contribution in [2.75, 3.05) is 18.9 Å². The van der Waals surface area contributed by atoms with E-state index in [1.165, 1.54) is 50.1 Å². The molecule has 0 aliphatic carbocycles. The lowest BCUT2D eigenvalue weighted by Crippen LogP contribution is -2.18. The second kappa shape index (κ2) is 8.47. The van der Waals surface area contributed by atoms with Crippen LogP contribution in [0.15, 0.2) is 74.9 Å². The Kier molecular flexibility index (Phi) is 5.69. The van der Waals surface area contributed by atoms with Crippen molar-refractivity contribution >= 4 is 32.6 Å². The van der Waals surface area contributed by atoms with Gasteiger partial charge >= 0.3 is 11.6 Å². The molecule has 0 saturated heterocycles. The fourth-order valence-electron chi connectivity index (χ4n) is 3.51. The van der Waals surface area contributed by atoms with Gasteiger partial charge in [-0.1, -0.05) is 18.2 Å². The zero-order chi connectivity index (χ0) is 23.8. The van der Waals surface area contributed by atoms with Crippen LogP contribution in [-0.4, -0.2) is 33.2 Å². The molecule has 0 fully saturated rings. The molecule has 0 saturated carbocycles. The van der Waals surface area contributed by atoms with Gasteiger partial charge in [0.2, 0.25) is 0 Å². The molecule has 0 unspecified atom stereocenters. The average molecular weight is 468 g/mol. The van der Waals surface area contributed by atoms with Crippen LogP contribution in [0.25, 0.3) is 22.1 Å². The zero-order valence-corrected chi connectivity index (χ0v) is 18.8. The van der Waals surface area contributed by atoms with Gasteiger partial charge in [0.25, 0.3) is 10.0 Å². The van der Waals surface area contributed by atoms with Crippen molar-refractivity contribution in [3.05, 3.63) is 76.8 Å². The molecule has 33 heavy (non-hydrogen) atoms. The molecule has 2 aromatic heterocycles. The van der Waals surface area contributed by atoms with Crippen molar-refractivity contribution in [3.8, 4) is 16.9 Å². The van der Waals surface area contributed by atoms with Crippen molar-refractivity contribution in [2.24, 2.45) is 7.05 Å². The Morgan fingerprint density at radius 3 is 2.48 bits per heavy atom. The van der Waals surface area contributed by atoms with Crippen LogP contribution in [0.3, 0.4) is 0 Å². The van der Waals surface area contributed by atoms with E-state index in [1.54, 1.807) is 24.3 Å². The Balaban J connectivity index is 1.71. The highest BCUT2D eigenvalue weighted by molar-refractivity contribution is 7.92. The van der Waals surface area contributed by atoms with Gasteiger partial charge < -0.3 is 18.5 Å². The van der Waals surface area contributed by atoms with Gasteiger partial charge in [0.1, 0.15) is 17.0 Å². The lowest BCUT2D eigenvalue weighted by Gasteiger charge is -2.13. The molecule has 4 aromatic rings. The molecule has 0 spiro atoms. The highest BCUT2D eigenvalue weighted by atomic mass is 32.2. The summed E-state index contributed by atoms with van der Waals surface area (Å²) in [5.41, 5.74) is 0.954. The summed E-state index contributed by atoms with van der Waals surface area (Å²) in [4.78, 5) is 24.3. The van der Waals surface area contributed by atoms with E-state index in [0.29, 0.717) is 11.1 Å². The Hall–Kier alpha value is -4.05. The summed E-state index contributed by atoms with van der Waals surface area (Å²) in [6.45, 7) is 0.